The third-order valence-corrected chi connectivity index (χ3v) is 6.91. The fraction of sp³-hybridized carbons (Fsp3) is 0.941. The van der Waals surface area contributed by atoms with Gasteiger partial charge < -0.3 is 10.2 Å². The Hall–Kier alpha value is -0.420. The minimum atomic E-state index is 0.162. The molecule has 1 aliphatic carbocycles. The molecule has 1 N–H and O–H groups in total. The number of rotatable bonds is 3. The van der Waals surface area contributed by atoms with Crippen molar-refractivity contribution in [2.45, 2.75) is 70.0 Å². The third kappa shape index (κ3) is 3.25. The molecule has 2 aliphatic heterocycles. The molecule has 0 aromatic carbocycles. The third-order valence-electron chi connectivity index (χ3n) is 5.97. The summed E-state index contributed by atoms with van der Waals surface area (Å²) in [6.07, 6.45) is 7.42. The Bertz CT molecular complexity index is 381. The summed E-state index contributed by atoms with van der Waals surface area (Å²) in [6, 6.07) is 0.942. The van der Waals surface area contributed by atoms with Crippen LogP contribution in [0.1, 0.15) is 52.4 Å². The number of hydrogen-bond acceptors (Lipinski definition) is 3. The first-order valence-corrected chi connectivity index (χ1v) is 10.2. The van der Waals surface area contributed by atoms with Crippen LogP contribution in [-0.4, -0.2) is 64.6 Å². The molecular weight excluding hydrogens is 294 g/mol. The van der Waals surface area contributed by atoms with Crippen molar-refractivity contribution in [3.8, 4) is 0 Å². The Morgan fingerprint density at radius 3 is 2.32 bits per heavy atom. The summed E-state index contributed by atoms with van der Waals surface area (Å²) in [5, 5.41) is 3.30. The predicted molar refractivity (Wildman–Crippen MR) is 93.5 cm³/mol. The van der Waals surface area contributed by atoms with E-state index in [0.717, 1.165) is 19.4 Å². The Morgan fingerprint density at radius 2 is 1.73 bits per heavy atom. The van der Waals surface area contributed by atoms with Crippen LogP contribution in [0.2, 0.25) is 0 Å². The number of hydrogen-bond donors (Lipinski definition) is 1. The second kappa shape index (κ2) is 7.00. The number of carbonyl (C=O) groups is 1. The van der Waals surface area contributed by atoms with E-state index in [1.165, 1.54) is 50.3 Å². The molecule has 0 unspecified atom stereocenters. The van der Waals surface area contributed by atoms with E-state index < -0.39 is 0 Å². The fourth-order valence-corrected chi connectivity index (χ4v) is 5.51. The number of urea groups is 1. The number of nitrogens with zero attached hydrogens (tertiary/aromatic N) is 2. The van der Waals surface area contributed by atoms with Gasteiger partial charge in [0.05, 0.1) is 0 Å². The molecule has 2 saturated heterocycles. The quantitative estimate of drug-likeness (QED) is 0.866. The maximum absolute atomic E-state index is 12.6. The van der Waals surface area contributed by atoms with Gasteiger partial charge in [-0.1, -0.05) is 12.8 Å². The molecule has 22 heavy (non-hydrogen) atoms. The normalized spacial score (nSPS) is 32.4. The van der Waals surface area contributed by atoms with E-state index >= 15 is 0 Å². The van der Waals surface area contributed by atoms with Crippen LogP contribution in [0.15, 0.2) is 0 Å². The molecule has 0 spiro atoms. The first kappa shape index (κ1) is 16.4. The van der Waals surface area contributed by atoms with Crippen LogP contribution >= 0.6 is 11.8 Å². The number of amides is 2. The van der Waals surface area contributed by atoms with E-state index in [0.29, 0.717) is 12.1 Å². The first-order chi connectivity index (χ1) is 10.6. The molecule has 4 nitrogen and oxygen atoms in total. The molecule has 2 atom stereocenters. The van der Waals surface area contributed by atoms with Crippen molar-refractivity contribution >= 4 is 17.8 Å². The van der Waals surface area contributed by atoms with Crippen molar-refractivity contribution in [2.24, 2.45) is 0 Å². The fourth-order valence-electron chi connectivity index (χ4n) is 4.60. The average molecular weight is 326 g/mol. The maximum atomic E-state index is 12.6. The smallest absolute Gasteiger partial charge is 0.317 e. The van der Waals surface area contributed by atoms with E-state index in [1.54, 1.807) is 0 Å². The molecule has 2 heterocycles. The van der Waals surface area contributed by atoms with Gasteiger partial charge in [0.2, 0.25) is 0 Å². The molecule has 5 heteroatoms. The predicted octanol–water partition coefficient (Wildman–Crippen LogP) is 2.93. The lowest BCUT2D eigenvalue weighted by molar-refractivity contribution is 0.0998. The van der Waals surface area contributed by atoms with Gasteiger partial charge in [-0.25, -0.2) is 4.79 Å². The second-order valence-corrected chi connectivity index (χ2v) is 8.60. The van der Waals surface area contributed by atoms with E-state index in [1.807, 2.05) is 0 Å². The molecule has 126 valence electrons. The summed E-state index contributed by atoms with van der Waals surface area (Å²) in [5.74, 6) is 2.49. The monoisotopic (exact) mass is 325 g/mol. The molecule has 1 saturated carbocycles. The lowest BCUT2D eigenvalue weighted by atomic mass is 9.94. The largest absolute Gasteiger partial charge is 0.336 e. The van der Waals surface area contributed by atoms with Crippen LogP contribution in [0, 0.1) is 0 Å². The number of likely N-dealkylation sites (tertiary alicyclic amines) is 1. The van der Waals surface area contributed by atoms with Crippen LogP contribution in [0.25, 0.3) is 0 Å². The lowest BCUT2D eigenvalue weighted by Gasteiger charge is -2.44. The van der Waals surface area contributed by atoms with Crippen molar-refractivity contribution in [1.82, 2.24) is 15.1 Å². The first-order valence-electron chi connectivity index (χ1n) is 9.01. The van der Waals surface area contributed by atoms with Crippen molar-refractivity contribution in [2.75, 3.05) is 31.1 Å². The zero-order valence-electron chi connectivity index (χ0n) is 14.1. The maximum Gasteiger partial charge on any atom is 0.317 e. The van der Waals surface area contributed by atoms with Gasteiger partial charge in [0.15, 0.2) is 0 Å². The molecule has 3 fully saturated rings. The van der Waals surface area contributed by atoms with Crippen molar-refractivity contribution in [1.29, 1.82) is 0 Å². The molecule has 3 aliphatic rings. The molecule has 0 aromatic heterocycles. The van der Waals surface area contributed by atoms with E-state index in [4.69, 9.17) is 0 Å². The highest BCUT2D eigenvalue weighted by Gasteiger charge is 2.41. The van der Waals surface area contributed by atoms with Gasteiger partial charge in [-0.15, -0.1) is 0 Å². The number of carbonyl (C=O) groups excluding carboxylic acids is 1. The highest BCUT2D eigenvalue weighted by atomic mass is 32.2. The topological polar surface area (TPSA) is 35.6 Å². The molecule has 0 aromatic rings. The van der Waals surface area contributed by atoms with Gasteiger partial charge in [-0.3, -0.25) is 4.90 Å². The van der Waals surface area contributed by atoms with Crippen LogP contribution in [0.3, 0.4) is 0 Å². The van der Waals surface area contributed by atoms with Gasteiger partial charge in [0, 0.05) is 48.8 Å². The molecule has 0 radical (unpaired) electrons. The average Bonchev–Trinajstić information content (AvgIpc) is 3.14. The van der Waals surface area contributed by atoms with Crippen LogP contribution in [0.4, 0.5) is 4.79 Å². The number of thioether (sulfide) groups is 1. The summed E-state index contributed by atoms with van der Waals surface area (Å²) in [4.78, 5) is 17.4. The zero-order chi connectivity index (χ0) is 15.6. The minimum absolute atomic E-state index is 0.162. The standard InChI is InChI=1S/C17H31N3OS/c1-14-5-6-15(2)20(14)16(21)18-13-17(7-3-4-8-17)19-9-11-22-12-10-19/h14-15H,3-13H2,1-2H3,(H,18,21)/t14-,15-/m1/s1. The van der Waals surface area contributed by atoms with Gasteiger partial charge >= 0.3 is 6.03 Å². The molecular formula is C17H31N3OS. The van der Waals surface area contributed by atoms with E-state index in [2.05, 4.69) is 40.7 Å². The van der Waals surface area contributed by atoms with Gasteiger partial charge in [0.1, 0.15) is 0 Å². The molecule has 3 rings (SSSR count). The van der Waals surface area contributed by atoms with Gasteiger partial charge in [-0.2, -0.15) is 11.8 Å². The van der Waals surface area contributed by atoms with Gasteiger partial charge in [-0.05, 0) is 39.5 Å². The van der Waals surface area contributed by atoms with Crippen molar-refractivity contribution in [3.05, 3.63) is 0 Å². The summed E-state index contributed by atoms with van der Waals surface area (Å²) in [5.41, 5.74) is 0.239. The Labute approximate surface area is 139 Å². The summed E-state index contributed by atoms with van der Waals surface area (Å²) in [6.45, 7) is 7.58. The highest BCUT2D eigenvalue weighted by molar-refractivity contribution is 7.99. The van der Waals surface area contributed by atoms with Crippen molar-refractivity contribution < 1.29 is 4.79 Å². The van der Waals surface area contributed by atoms with Gasteiger partial charge in [0.25, 0.3) is 0 Å². The summed E-state index contributed by atoms with van der Waals surface area (Å²) >= 11 is 2.06. The number of nitrogens with one attached hydrogen (secondary N) is 1. The second-order valence-electron chi connectivity index (χ2n) is 7.37. The van der Waals surface area contributed by atoms with E-state index in [-0.39, 0.29) is 11.6 Å². The van der Waals surface area contributed by atoms with Crippen molar-refractivity contribution in [3.63, 3.8) is 0 Å². The Morgan fingerprint density at radius 1 is 1.14 bits per heavy atom. The van der Waals surface area contributed by atoms with Crippen LogP contribution < -0.4 is 5.32 Å². The van der Waals surface area contributed by atoms with E-state index in [9.17, 15) is 4.79 Å². The molecule has 2 amide bonds. The highest BCUT2D eigenvalue weighted by Crippen LogP contribution is 2.36. The summed E-state index contributed by atoms with van der Waals surface area (Å²) < 4.78 is 0. The van der Waals surface area contributed by atoms with Crippen LogP contribution in [-0.2, 0) is 0 Å². The SMILES string of the molecule is C[C@@H]1CC[C@@H](C)N1C(=O)NCC1(N2CCSCC2)CCCC1. The Balaban J connectivity index is 1.61. The lowest BCUT2D eigenvalue weighted by Crippen LogP contribution is -2.58. The minimum Gasteiger partial charge on any atom is -0.336 e. The Kier molecular flexibility index (Phi) is 5.23. The van der Waals surface area contributed by atoms with Crippen LogP contribution in [0.5, 0.6) is 0 Å². The summed E-state index contributed by atoms with van der Waals surface area (Å²) in [7, 11) is 0. The zero-order valence-corrected chi connectivity index (χ0v) is 15.0. The molecule has 0 bridgehead atoms.